The van der Waals surface area contributed by atoms with Gasteiger partial charge in [-0.05, 0) is 18.2 Å². The molecule has 1 heterocycles. The summed E-state index contributed by atoms with van der Waals surface area (Å²) in [6.45, 7) is -0.262. The van der Waals surface area contributed by atoms with E-state index in [9.17, 15) is 9.59 Å². The van der Waals surface area contributed by atoms with Crippen LogP contribution in [0.2, 0.25) is 0 Å². The fourth-order valence-electron chi connectivity index (χ4n) is 1.99. The van der Waals surface area contributed by atoms with Crippen LogP contribution in [0.4, 0.5) is 0 Å². The maximum absolute atomic E-state index is 12.0. The van der Waals surface area contributed by atoms with Crippen LogP contribution in [0, 0.1) is 0 Å². The van der Waals surface area contributed by atoms with Crippen molar-refractivity contribution in [1.82, 2.24) is 4.98 Å². The first-order valence-electron chi connectivity index (χ1n) is 7.05. The van der Waals surface area contributed by atoms with E-state index in [1.807, 2.05) is 30.3 Å². The summed E-state index contributed by atoms with van der Waals surface area (Å²) in [6.07, 6.45) is 0. The minimum atomic E-state index is -0.431. The van der Waals surface area contributed by atoms with Crippen LogP contribution < -0.4 is 0 Å². The van der Waals surface area contributed by atoms with E-state index in [2.05, 4.69) is 20.9 Å². The van der Waals surface area contributed by atoms with Gasteiger partial charge in [-0.2, -0.15) is 0 Å². The predicted octanol–water partition coefficient (Wildman–Crippen LogP) is 4.58. The fraction of sp³-hybridized carbons (Fsp3) is 0.118. The zero-order valence-electron chi connectivity index (χ0n) is 12.4. The van der Waals surface area contributed by atoms with Crippen LogP contribution in [0.3, 0.4) is 0 Å². The van der Waals surface area contributed by atoms with Gasteiger partial charge >= 0.3 is 5.97 Å². The standard InChI is InChI=1S/C17H12BrNO3S2/c18-12-6-2-1-5-11(12)14(20)9-22-16(21)10-23-17-19-13-7-3-4-8-15(13)24-17/h1-8H,9-10H2. The summed E-state index contributed by atoms with van der Waals surface area (Å²) in [7, 11) is 0. The van der Waals surface area contributed by atoms with E-state index in [0.717, 1.165) is 14.6 Å². The van der Waals surface area contributed by atoms with Crippen molar-refractivity contribution in [2.75, 3.05) is 12.4 Å². The number of ether oxygens (including phenoxy) is 1. The van der Waals surface area contributed by atoms with Crippen molar-refractivity contribution in [2.24, 2.45) is 0 Å². The highest BCUT2D eigenvalue weighted by Crippen LogP contribution is 2.29. The third-order valence-corrected chi connectivity index (χ3v) is 5.97. The molecule has 0 spiro atoms. The molecule has 3 aromatic rings. The largest absolute Gasteiger partial charge is 0.457 e. The molecule has 24 heavy (non-hydrogen) atoms. The van der Waals surface area contributed by atoms with Gasteiger partial charge in [-0.1, -0.05) is 58.0 Å². The second-order valence-electron chi connectivity index (χ2n) is 4.80. The minimum Gasteiger partial charge on any atom is -0.457 e. The number of halogens is 1. The molecule has 4 nitrogen and oxygen atoms in total. The third-order valence-electron chi connectivity index (χ3n) is 3.13. The molecule has 0 amide bonds. The number of Topliss-reactive ketones (excluding diaryl/α,β-unsaturated/α-hetero) is 1. The molecule has 122 valence electrons. The molecule has 0 aliphatic heterocycles. The normalized spacial score (nSPS) is 10.7. The lowest BCUT2D eigenvalue weighted by Crippen LogP contribution is -2.15. The number of nitrogens with zero attached hydrogens (tertiary/aromatic N) is 1. The average molecular weight is 422 g/mol. The molecule has 1 aromatic heterocycles. The maximum atomic E-state index is 12.0. The zero-order valence-corrected chi connectivity index (χ0v) is 15.6. The van der Waals surface area contributed by atoms with Gasteiger partial charge in [0.05, 0.1) is 16.0 Å². The number of thiazole rings is 1. The molecule has 0 unspecified atom stereocenters. The van der Waals surface area contributed by atoms with Gasteiger partial charge in [-0.15, -0.1) is 11.3 Å². The van der Waals surface area contributed by atoms with E-state index in [4.69, 9.17) is 4.74 Å². The lowest BCUT2D eigenvalue weighted by molar-refractivity contribution is -0.139. The van der Waals surface area contributed by atoms with Crippen molar-refractivity contribution < 1.29 is 14.3 Å². The topological polar surface area (TPSA) is 56.3 Å². The highest BCUT2D eigenvalue weighted by atomic mass is 79.9. The van der Waals surface area contributed by atoms with Crippen molar-refractivity contribution in [1.29, 1.82) is 0 Å². The van der Waals surface area contributed by atoms with Gasteiger partial charge in [0, 0.05) is 10.0 Å². The quantitative estimate of drug-likeness (QED) is 0.331. The first-order valence-corrected chi connectivity index (χ1v) is 9.65. The number of benzene rings is 2. The molecule has 0 atom stereocenters. The number of aromatic nitrogens is 1. The van der Waals surface area contributed by atoms with Crippen molar-refractivity contribution >= 4 is 61.0 Å². The summed E-state index contributed by atoms with van der Waals surface area (Å²) in [5, 5.41) is 0. The van der Waals surface area contributed by atoms with Crippen molar-refractivity contribution in [3.05, 3.63) is 58.6 Å². The monoisotopic (exact) mass is 421 g/mol. The molecule has 0 radical (unpaired) electrons. The third kappa shape index (κ3) is 4.23. The summed E-state index contributed by atoms with van der Waals surface area (Å²) in [4.78, 5) is 28.3. The van der Waals surface area contributed by atoms with E-state index < -0.39 is 5.97 Å². The molecule has 0 aliphatic rings. The molecule has 0 bridgehead atoms. The van der Waals surface area contributed by atoms with Crippen LogP contribution in [0.5, 0.6) is 0 Å². The van der Waals surface area contributed by atoms with Gasteiger partial charge in [-0.25, -0.2) is 4.98 Å². The summed E-state index contributed by atoms with van der Waals surface area (Å²) < 4.78 is 7.64. The lowest BCUT2D eigenvalue weighted by Gasteiger charge is -2.05. The number of hydrogen-bond donors (Lipinski definition) is 0. The second-order valence-corrected chi connectivity index (χ2v) is 7.91. The van der Waals surface area contributed by atoms with Crippen LogP contribution in [-0.4, -0.2) is 29.1 Å². The number of carbonyl (C=O) groups is 2. The minimum absolute atomic E-state index is 0.128. The summed E-state index contributed by atoms with van der Waals surface area (Å²) in [6, 6.07) is 14.9. The Morgan fingerprint density at radius 1 is 1.12 bits per heavy atom. The predicted molar refractivity (Wildman–Crippen MR) is 99.8 cm³/mol. The Bertz CT molecular complexity index is 861. The molecular weight excluding hydrogens is 410 g/mol. The Morgan fingerprint density at radius 3 is 2.67 bits per heavy atom. The van der Waals surface area contributed by atoms with Crippen LogP contribution in [0.1, 0.15) is 10.4 Å². The highest BCUT2D eigenvalue weighted by molar-refractivity contribution is 9.10. The number of fused-ring (bicyclic) bond motifs is 1. The van der Waals surface area contributed by atoms with Crippen molar-refractivity contribution in [3.8, 4) is 0 Å². The Kier molecular flexibility index (Phi) is 5.65. The number of para-hydroxylation sites is 1. The van der Waals surface area contributed by atoms with Gasteiger partial charge in [0.15, 0.2) is 10.9 Å². The van der Waals surface area contributed by atoms with Crippen LogP contribution in [-0.2, 0) is 9.53 Å². The van der Waals surface area contributed by atoms with E-state index in [1.165, 1.54) is 23.1 Å². The van der Waals surface area contributed by atoms with Gasteiger partial charge in [-0.3, -0.25) is 9.59 Å². The van der Waals surface area contributed by atoms with Gasteiger partial charge in [0.2, 0.25) is 5.78 Å². The average Bonchev–Trinajstić information content (AvgIpc) is 3.01. The Labute approximate surface area is 155 Å². The maximum Gasteiger partial charge on any atom is 0.316 e. The van der Waals surface area contributed by atoms with Crippen LogP contribution >= 0.6 is 39.0 Å². The molecule has 0 aliphatic carbocycles. The van der Waals surface area contributed by atoms with Gasteiger partial charge in [0.1, 0.15) is 0 Å². The van der Waals surface area contributed by atoms with E-state index in [1.54, 1.807) is 18.2 Å². The zero-order chi connectivity index (χ0) is 16.9. The van der Waals surface area contributed by atoms with Crippen molar-refractivity contribution in [3.63, 3.8) is 0 Å². The second kappa shape index (κ2) is 7.92. The van der Waals surface area contributed by atoms with Gasteiger partial charge < -0.3 is 4.74 Å². The number of rotatable bonds is 6. The smallest absolute Gasteiger partial charge is 0.316 e. The molecular formula is C17H12BrNO3S2. The molecule has 7 heteroatoms. The van der Waals surface area contributed by atoms with E-state index >= 15 is 0 Å². The molecule has 0 saturated carbocycles. The van der Waals surface area contributed by atoms with Crippen LogP contribution in [0.15, 0.2) is 57.3 Å². The molecule has 2 aromatic carbocycles. The number of thioether (sulfide) groups is 1. The highest BCUT2D eigenvalue weighted by Gasteiger charge is 2.13. The fourth-order valence-corrected chi connectivity index (χ4v) is 4.36. The van der Waals surface area contributed by atoms with E-state index in [0.29, 0.717) is 10.0 Å². The number of esters is 1. The Hall–Kier alpha value is -1.70. The summed E-state index contributed by atoms with van der Waals surface area (Å²) in [5.41, 5.74) is 1.42. The van der Waals surface area contributed by atoms with E-state index in [-0.39, 0.29) is 18.1 Å². The summed E-state index contributed by atoms with van der Waals surface area (Å²) >= 11 is 6.16. The number of hydrogen-bond acceptors (Lipinski definition) is 6. The summed E-state index contributed by atoms with van der Waals surface area (Å²) in [5.74, 6) is -0.538. The molecule has 3 rings (SSSR count). The van der Waals surface area contributed by atoms with Crippen LogP contribution in [0.25, 0.3) is 10.2 Å². The molecule has 0 fully saturated rings. The SMILES string of the molecule is O=C(CSc1nc2ccccc2s1)OCC(=O)c1ccccc1Br. The Morgan fingerprint density at radius 2 is 1.88 bits per heavy atom. The van der Waals surface area contributed by atoms with Crippen molar-refractivity contribution in [2.45, 2.75) is 4.34 Å². The number of carbonyl (C=O) groups excluding carboxylic acids is 2. The molecule has 0 saturated heterocycles. The Balaban J connectivity index is 1.51. The number of ketones is 1. The first-order chi connectivity index (χ1) is 11.6. The first kappa shape index (κ1) is 17.1. The van der Waals surface area contributed by atoms with Gasteiger partial charge in [0.25, 0.3) is 0 Å². The molecule has 0 N–H and O–H groups in total. The lowest BCUT2D eigenvalue weighted by atomic mass is 10.1.